The third-order valence-corrected chi connectivity index (χ3v) is 6.24. The summed E-state index contributed by atoms with van der Waals surface area (Å²) in [4.78, 5) is 3.34. The molecule has 1 N–H and O–H groups in total. The van der Waals surface area contributed by atoms with Gasteiger partial charge < -0.3 is 4.52 Å². The molecule has 0 spiro atoms. The van der Waals surface area contributed by atoms with Gasteiger partial charge in [0.2, 0.25) is 15.8 Å². The molecule has 0 aliphatic heterocycles. The van der Waals surface area contributed by atoms with Crippen molar-refractivity contribution in [2.24, 2.45) is 5.92 Å². The van der Waals surface area contributed by atoms with Crippen LogP contribution in [0.25, 0.3) is 11.4 Å². The van der Waals surface area contributed by atoms with E-state index in [1.807, 2.05) is 0 Å². The monoisotopic (exact) mass is 457 g/mol. The Hall–Kier alpha value is -1.36. The molecule has 12 heteroatoms. The molecule has 0 bridgehead atoms. The Morgan fingerprint density at radius 2 is 1.86 bits per heavy atom. The highest BCUT2D eigenvalue weighted by molar-refractivity contribution is 7.88. The highest BCUT2D eigenvalue weighted by atomic mass is 35.5. The van der Waals surface area contributed by atoms with Crippen LogP contribution in [0, 0.1) is 5.92 Å². The Bertz CT molecular complexity index is 977. The van der Waals surface area contributed by atoms with Gasteiger partial charge in [-0.15, -0.1) is 23.2 Å². The van der Waals surface area contributed by atoms with Gasteiger partial charge in [-0.3, -0.25) is 0 Å². The molecule has 1 aliphatic carbocycles. The Morgan fingerprint density at radius 1 is 1.29 bits per heavy atom. The molecular formula is C16H16Cl2F3N3O3S. The minimum absolute atomic E-state index is 0.229. The van der Waals surface area contributed by atoms with Crippen molar-refractivity contribution in [2.45, 2.75) is 35.8 Å². The van der Waals surface area contributed by atoms with Crippen LogP contribution < -0.4 is 4.72 Å². The van der Waals surface area contributed by atoms with Gasteiger partial charge in [-0.2, -0.15) is 18.2 Å². The second-order valence-corrected chi connectivity index (χ2v) is 10.0. The van der Waals surface area contributed by atoms with Crippen LogP contribution in [-0.4, -0.2) is 29.1 Å². The first-order valence-electron chi connectivity index (χ1n) is 8.17. The van der Waals surface area contributed by atoms with Crippen LogP contribution in [-0.2, 0) is 21.7 Å². The lowest BCUT2D eigenvalue weighted by atomic mass is 9.83. The van der Waals surface area contributed by atoms with E-state index >= 15 is 0 Å². The van der Waals surface area contributed by atoms with Crippen molar-refractivity contribution in [3.8, 4) is 11.4 Å². The maximum Gasteiger partial charge on any atom is 0.471 e. The molecule has 1 fully saturated rings. The number of halogens is 5. The lowest BCUT2D eigenvalue weighted by Crippen LogP contribution is -2.48. The highest BCUT2D eigenvalue weighted by Crippen LogP contribution is 2.62. The van der Waals surface area contributed by atoms with E-state index in [1.165, 1.54) is 12.1 Å². The molecule has 6 nitrogen and oxygen atoms in total. The summed E-state index contributed by atoms with van der Waals surface area (Å²) in [5.74, 6) is -2.04. The summed E-state index contributed by atoms with van der Waals surface area (Å²) in [6, 6.07) is 6.15. The average Bonchev–Trinajstić information content (AvgIpc) is 2.99. The Morgan fingerprint density at radius 3 is 2.25 bits per heavy atom. The zero-order chi connectivity index (χ0) is 21.0. The molecule has 154 valence electrons. The molecule has 1 aromatic heterocycles. The third kappa shape index (κ3) is 4.14. The van der Waals surface area contributed by atoms with Crippen LogP contribution in [0.3, 0.4) is 0 Å². The van der Waals surface area contributed by atoms with E-state index in [0.717, 1.165) is 6.26 Å². The predicted molar refractivity (Wildman–Crippen MR) is 97.2 cm³/mol. The summed E-state index contributed by atoms with van der Waals surface area (Å²) >= 11 is 12.4. The first-order valence-corrected chi connectivity index (χ1v) is 10.8. The van der Waals surface area contributed by atoms with Gasteiger partial charge in [-0.25, -0.2) is 13.1 Å². The van der Waals surface area contributed by atoms with E-state index in [9.17, 15) is 21.6 Å². The largest absolute Gasteiger partial charge is 0.471 e. The number of hydrogen-bond donors (Lipinski definition) is 1. The Balaban J connectivity index is 1.98. The summed E-state index contributed by atoms with van der Waals surface area (Å²) < 4.78 is 67.6. The second kappa shape index (κ2) is 6.86. The first kappa shape index (κ1) is 21.4. The number of nitrogens with one attached hydrogen (secondary N) is 1. The average molecular weight is 458 g/mol. The molecule has 1 heterocycles. The van der Waals surface area contributed by atoms with Gasteiger partial charge in [0, 0.05) is 11.5 Å². The number of sulfonamides is 1. The molecule has 1 aliphatic rings. The minimum Gasteiger partial charge on any atom is -0.329 e. The maximum atomic E-state index is 12.6. The van der Waals surface area contributed by atoms with Crippen molar-refractivity contribution in [3.63, 3.8) is 0 Å². The predicted octanol–water partition coefficient (Wildman–Crippen LogP) is 4.10. The summed E-state index contributed by atoms with van der Waals surface area (Å²) in [5.41, 5.74) is -0.188. The minimum atomic E-state index is -4.74. The second-order valence-electron chi connectivity index (χ2n) is 6.72. The van der Waals surface area contributed by atoms with Crippen molar-refractivity contribution in [3.05, 3.63) is 35.7 Å². The fraction of sp³-hybridized carbons (Fsp3) is 0.500. The van der Waals surface area contributed by atoms with E-state index in [2.05, 4.69) is 19.4 Å². The van der Waals surface area contributed by atoms with Gasteiger partial charge in [0.25, 0.3) is 0 Å². The van der Waals surface area contributed by atoms with Crippen LogP contribution >= 0.6 is 23.2 Å². The van der Waals surface area contributed by atoms with Gasteiger partial charge in [0.05, 0.1) is 11.8 Å². The zero-order valence-corrected chi connectivity index (χ0v) is 17.0. The molecule has 0 saturated heterocycles. The number of rotatable bonds is 6. The van der Waals surface area contributed by atoms with Crippen LogP contribution in [0.15, 0.2) is 28.8 Å². The summed E-state index contributed by atoms with van der Waals surface area (Å²) in [7, 11) is -3.60. The van der Waals surface area contributed by atoms with E-state index in [1.54, 1.807) is 19.1 Å². The SMILES string of the molecule is CCC(NS(C)(=O)=O)(c1ccc(-c2noc(C(F)(F)F)n2)cc1)C1CC1(Cl)Cl. The lowest BCUT2D eigenvalue weighted by Gasteiger charge is -2.34. The van der Waals surface area contributed by atoms with Crippen molar-refractivity contribution >= 4 is 33.2 Å². The number of aromatic nitrogens is 2. The lowest BCUT2D eigenvalue weighted by molar-refractivity contribution is -0.159. The van der Waals surface area contributed by atoms with Crippen molar-refractivity contribution in [1.82, 2.24) is 14.9 Å². The van der Waals surface area contributed by atoms with Gasteiger partial charge in [0.1, 0.15) is 4.33 Å². The van der Waals surface area contributed by atoms with Crippen LogP contribution in [0.1, 0.15) is 31.2 Å². The smallest absolute Gasteiger partial charge is 0.329 e. The van der Waals surface area contributed by atoms with Crippen molar-refractivity contribution in [2.75, 3.05) is 6.26 Å². The number of nitrogens with zero attached hydrogens (tertiary/aromatic N) is 2. The molecule has 2 aromatic rings. The summed E-state index contributed by atoms with van der Waals surface area (Å²) in [5, 5.41) is 3.34. The van der Waals surface area contributed by atoms with Crippen LogP contribution in [0.5, 0.6) is 0 Å². The van der Waals surface area contributed by atoms with E-state index in [4.69, 9.17) is 23.2 Å². The van der Waals surface area contributed by atoms with E-state index in [-0.39, 0.29) is 17.3 Å². The van der Waals surface area contributed by atoms with Gasteiger partial charge in [-0.05, 0) is 18.4 Å². The van der Waals surface area contributed by atoms with Gasteiger partial charge >= 0.3 is 12.1 Å². The van der Waals surface area contributed by atoms with Gasteiger partial charge in [-0.1, -0.05) is 36.3 Å². The fourth-order valence-corrected chi connectivity index (χ4v) is 5.05. The number of alkyl halides is 5. The standard InChI is InChI=1S/C16H16Cl2F3N3O3S/c1-3-14(24-28(2,25)26,11-8-15(11,17)18)10-6-4-9(5-7-10)12-22-13(27-23-12)16(19,20)21/h4-7,11,24H,3,8H2,1-2H3. The third-order valence-electron chi connectivity index (χ3n) is 4.67. The quantitative estimate of drug-likeness (QED) is 0.659. The van der Waals surface area contributed by atoms with Gasteiger partial charge in [0.15, 0.2) is 0 Å². The molecule has 1 aromatic carbocycles. The zero-order valence-electron chi connectivity index (χ0n) is 14.7. The van der Waals surface area contributed by atoms with Crippen LogP contribution in [0.4, 0.5) is 13.2 Å². The van der Waals surface area contributed by atoms with Crippen molar-refractivity contribution in [1.29, 1.82) is 0 Å². The number of benzene rings is 1. The maximum absolute atomic E-state index is 12.6. The van der Waals surface area contributed by atoms with E-state index in [0.29, 0.717) is 18.4 Å². The van der Waals surface area contributed by atoms with Crippen LogP contribution in [0.2, 0.25) is 0 Å². The Kier molecular flexibility index (Phi) is 5.23. The molecule has 3 rings (SSSR count). The molecular weight excluding hydrogens is 442 g/mol. The van der Waals surface area contributed by atoms with E-state index < -0.39 is 32.0 Å². The molecule has 1 saturated carbocycles. The normalized spacial score (nSPS) is 21.3. The number of hydrogen-bond acceptors (Lipinski definition) is 5. The fourth-order valence-electron chi connectivity index (χ4n) is 3.31. The summed E-state index contributed by atoms with van der Waals surface area (Å²) in [6.45, 7) is 1.79. The highest BCUT2D eigenvalue weighted by Gasteiger charge is 2.63. The Labute approximate surface area is 169 Å². The van der Waals surface area contributed by atoms with Crippen molar-refractivity contribution < 1.29 is 26.1 Å². The first-order chi connectivity index (χ1) is 12.8. The molecule has 2 atom stereocenters. The molecule has 0 radical (unpaired) electrons. The topological polar surface area (TPSA) is 85.1 Å². The molecule has 28 heavy (non-hydrogen) atoms. The molecule has 2 unspecified atom stereocenters. The molecule has 0 amide bonds. The summed E-state index contributed by atoms with van der Waals surface area (Å²) in [6.07, 6.45) is -2.94.